The summed E-state index contributed by atoms with van der Waals surface area (Å²) in [4.78, 5) is 34.6. The van der Waals surface area contributed by atoms with Crippen molar-refractivity contribution in [3.63, 3.8) is 0 Å². The SMILES string of the molecule is C[C@H](OC(=O)c1ccc(C=O)cc1)C(=O)Nc1ccc(Br)cc1. The first-order valence-corrected chi connectivity index (χ1v) is 7.61. The summed E-state index contributed by atoms with van der Waals surface area (Å²) in [7, 11) is 0. The third-order valence-electron chi connectivity index (χ3n) is 3.05. The van der Waals surface area contributed by atoms with Crippen molar-refractivity contribution >= 4 is 39.8 Å². The van der Waals surface area contributed by atoms with Crippen molar-refractivity contribution in [2.45, 2.75) is 13.0 Å². The van der Waals surface area contributed by atoms with Crippen molar-refractivity contribution in [2.75, 3.05) is 5.32 Å². The molecule has 1 N–H and O–H groups in total. The number of rotatable bonds is 5. The highest BCUT2D eigenvalue weighted by Crippen LogP contribution is 2.15. The molecule has 6 heteroatoms. The molecular formula is C17H14BrNO4. The summed E-state index contributed by atoms with van der Waals surface area (Å²) in [6.07, 6.45) is -0.263. The van der Waals surface area contributed by atoms with Crippen LogP contribution in [0.4, 0.5) is 5.69 Å². The van der Waals surface area contributed by atoms with Gasteiger partial charge in [-0.2, -0.15) is 0 Å². The average Bonchev–Trinajstić information content (AvgIpc) is 2.56. The lowest BCUT2D eigenvalue weighted by Crippen LogP contribution is -2.30. The quantitative estimate of drug-likeness (QED) is 0.641. The molecule has 0 radical (unpaired) electrons. The van der Waals surface area contributed by atoms with Gasteiger partial charge in [-0.05, 0) is 43.3 Å². The fraction of sp³-hybridized carbons (Fsp3) is 0.118. The van der Waals surface area contributed by atoms with Crippen LogP contribution in [0.15, 0.2) is 53.0 Å². The Morgan fingerprint density at radius 1 is 1.09 bits per heavy atom. The molecule has 0 aliphatic heterocycles. The average molecular weight is 376 g/mol. The zero-order valence-corrected chi connectivity index (χ0v) is 13.9. The molecule has 1 amide bonds. The maximum atomic E-state index is 12.0. The molecule has 2 rings (SSSR count). The van der Waals surface area contributed by atoms with Crippen LogP contribution in [0.2, 0.25) is 0 Å². The summed E-state index contributed by atoms with van der Waals surface area (Å²) in [5.41, 5.74) is 1.35. The fourth-order valence-corrected chi connectivity index (χ4v) is 2.02. The first-order chi connectivity index (χ1) is 11.0. The third kappa shape index (κ3) is 4.75. The normalized spacial score (nSPS) is 11.4. The van der Waals surface area contributed by atoms with Crippen molar-refractivity contribution < 1.29 is 19.1 Å². The Morgan fingerprint density at radius 3 is 2.26 bits per heavy atom. The molecule has 2 aromatic carbocycles. The van der Waals surface area contributed by atoms with Gasteiger partial charge in [0.2, 0.25) is 0 Å². The molecule has 0 bridgehead atoms. The van der Waals surface area contributed by atoms with Crippen molar-refractivity contribution in [3.8, 4) is 0 Å². The molecule has 118 valence electrons. The van der Waals surface area contributed by atoms with Crippen LogP contribution in [0.5, 0.6) is 0 Å². The Kier molecular flexibility index (Phi) is 5.65. The van der Waals surface area contributed by atoms with E-state index in [0.29, 0.717) is 17.5 Å². The summed E-state index contributed by atoms with van der Waals surface area (Å²) in [5, 5.41) is 2.66. The van der Waals surface area contributed by atoms with Gasteiger partial charge in [0.05, 0.1) is 5.56 Å². The summed E-state index contributed by atoms with van der Waals surface area (Å²) < 4.78 is 6.02. The summed E-state index contributed by atoms with van der Waals surface area (Å²) in [6.45, 7) is 1.49. The molecule has 23 heavy (non-hydrogen) atoms. The molecule has 0 spiro atoms. The summed E-state index contributed by atoms with van der Waals surface area (Å²) >= 11 is 3.31. The van der Waals surface area contributed by atoms with Gasteiger partial charge in [-0.3, -0.25) is 9.59 Å². The number of esters is 1. The van der Waals surface area contributed by atoms with Crippen molar-refractivity contribution in [1.82, 2.24) is 0 Å². The van der Waals surface area contributed by atoms with Gasteiger partial charge in [0.15, 0.2) is 6.10 Å². The van der Waals surface area contributed by atoms with Crippen molar-refractivity contribution in [1.29, 1.82) is 0 Å². The number of nitrogens with one attached hydrogen (secondary N) is 1. The van der Waals surface area contributed by atoms with Gasteiger partial charge in [-0.25, -0.2) is 4.79 Å². The Hall–Kier alpha value is -2.47. The van der Waals surface area contributed by atoms with Crippen LogP contribution >= 0.6 is 15.9 Å². The van der Waals surface area contributed by atoms with Crippen LogP contribution < -0.4 is 5.32 Å². The van der Waals surface area contributed by atoms with Crippen LogP contribution in [-0.2, 0) is 9.53 Å². The standard InChI is InChI=1S/C17H14BrNO4/c1-11(16(21)19-15-8-6-14(18)7-9-15)23-17(22)13-4-2-12(10-20)3-5-13/h2-11H,1H3,(H,19,21)/t11-/m0/s1. The minimum Gasteiger partial charge on any atom is -0.449 e. The van der Waals surface area contributed by atoms with Gasteiger partial charge in [-0.1, -0.05) is 28.1 Å². The van der Waals surface area contributed by atoms with Crippen LogP contribution in [0.25, 0.3) is 0 Å². The van der Waals surface area contributed by atoms with Crippen LogP contribution in [0, 0.1) is 0 Å². The van der Waals surface area contributed by atoms with Gasteiger partial charge in [0.1, 0.15) is 6.29 Å². The summed E-state index contributed by atoms with van der Waals surface area (Å²) in [5.74, 6) is -1.05. The zero-order valence-electron chi connectivity index (χ0n) is 12.3. The summed E-state index contributed by atoms with van der Waals surface area (Å²) in [6, 6.07) is 13.0. The van der Waals surface area contributed by atoms with Crippen LogP contribution in [-0.4, -0.2) is 24.3 Å². The minimum absolute atomic E-state index is 0.277. The molecule has 0 saturated carbocycles. The number of benzene rings is 2. The van der Waals surface area contributed by atoms with Crippen molar-refractivity contribution in [3.05, 3.63) is 64.1 Å². The zero-order chi connectivity index (χ0) is 16.8. The lowest BCUT2D eigenvalue weighted by atomic mass is 10.1. The molecule has 0 heterocycles. The number of amides is 1. The number of carbonyl (C=O) groups excluding carboxylic acids is 3. The number of carbonyl (C=O) groups is 3. The Balaban J connectivity index is 1.95. The highest BCUT2D eigenvalue weighted by molar-refractivity contribution is 9.10. The Bertz CT molecular complexity index is 710. The molecule has 0 aliphatic carbocycles. The number of ether oxygens (including phenoxy) is 1. The second-order valence-electron chi connectivity index (χ2n) is 4.78. The molecular weight excluding hydrogens is 362 g/mol. The predicted molar refractivity (Wildman–Crippen MR) is 89.5 cm³/mol. The largest absolute Gasteiger partial charge is 0.449 e. The fourth-order valence-electron chi connectivity index (χ4n) is 1.76. The van der Waals surface area contributed by atoms with Crippen LogP contribution in [0.1, 0.15) is 27.6 Å². The lowest BCUT2D eigenvalue weighted by molar-refractivity contribution is -0.123. The van der Waals surface area contributed by atoms with Crippen molar-refractivity contribution in [2.24, 2.45) is 0 Å². The third-order valence-corrected chi connectivity index (χ3v) is 3.58. The van der Waals surface area contributed by atoms with E-state index in [1.165, 1.54) is 31.2 Å². The predicted octanol–water partition coefficient (Wildman–Crippen LogP) is 3.45. The van der Waals surface area contributed by atoms with Gasteiger partial charge < -0.3 is 10.1 Å². The molecule has 1 atom stereocenters. The highest BCUT2D eigenvalue weighted by atomic mass is 79.9. The maximum absolute atomic E-state index is 12.0. The monoisotopic (exact) mass is 375 g/mol. The van der Waals surface area contributed by atoms with Gasteiger partial charge in [-0.15, -0.1) is 0 Å². The molecule has 0 saturated heterocycles. The minimum atomic E-state index is -0.947. The molecule has 2 aromatic rings. The Labute approximate surface area is 141 Å². The van der Waals surface area contributed by atoms with E-state index in [2.05, 4.69) is 21.2 Å². The van der Waals surface area contributed by atoms with Gasteiger partial charge >= 0.3 is 5.97 Å². The second-order valence-corrected chi connectivity index (χ2v) is 5.70. The lowest BCUT2D eigenvalue weighted by Gasteiger charge is -2.13. The molecule has 5 nitrogen and oxygen atoms in total. The smallest absolute Gasteiger partial charge is 0.338 e. The maximum Gasteiger partial charge on any atom is 0.338 e. The number of hydrogen-bond donors (Lipinski definition) is 1. The molecule has 0 aromatic heterocycles. The number of hydrogen-bond acceptors (Lipinski definition) is 4. The van der Waals surface area contributed by atoms with E-state index in [9.17, 15) is 14.4 Å². The van der Waals surface area contributed by atoms with E-state index < -0.39 is 18.0 Å². The molecule has 0 aliphatic rings. The van der Waals surface area contributed by atoms with E-state index >= 15 is 0 Å². The molecule has 0 fully saturated rings. The number of halogens is 1. The highest BCUT2D eigenvalue weighted by Gasteiger charge is 2.19. The topological polar surface area (TPSA) is 72.5 Å². The first-order valence-electron chi connectivity index (χ1n) is 6.82. The number of aldehydes is 1. The van der Waals surface area contributed by atoms with E-state index in [4.69, 9.17) is 4.74 Å². The van der Waals surface area contributed by atoms with Gasteiger partial charge in [0, 0.05) is 15.7 Å². The van der Waals surface area contributed by atoms with E-state index in [0.717, 1.165) is 4.47 Å². The van der Waals surface area contributed by atoms with E-state index in [1.807, 2.05) is 0 Å². The first kappa shape index (κ1) is 16.9. The number of anilines is 1. The van der Waals surface area contributed by atoms with E-state index in [-0.39, 0.29) is 5.56 Å². The van der Waals surface area contributed by atoms with Gasteiger partial charge in [0.25, 0.3) is 5.91 Å². The molecule has 0 unspecified atom stereocenters. The second kappa shape index (κ2) is 7.69. The Morgan fingerprint density at radius 2 is 1.70 bits per heavy atom. The van der Waals surface area contributed by atoms with E-state index in [1.54, 1.807) is 24.3 Å². The van der Waals surface area contributed by atoms with Crippen LogP contribution in [0.3, 0.4) is 0 Å².